The number of ether oxygens (including phenoxy) is 2. The quantitative estimate of drug-likeness (QED) is 0.573. The number of nitrogens with one attached hydrogen (secondary N) is 1. The van der Waals surface area contributed by atoms with Gasteiger partial charge < -0.3 is 19.2 Å². The minimum absolute atomic E-state index is 0.136. The zero-order chi connectivity index (χ0) is 19.9. The Kier molecular flexibility index (Phi) is 6.54. The number of anilines is 1. The molecule has 0 atom stereocenters. The van der Waals surface area contributed by atoms with Gasteiger partial charge >= 0.3 is 0 Å². The van der Waals surface area contributed by atoms with Crippen LogP contribution in [-0.4, -0.2) is 29.0 Å². The molecule has 0 aliphatic rings. The predicted octanol–water partition coefficient (Wildman–Crippen LogP) is 4.00. The molecule has 8 heteroatoms. The van der Waals surface area contributed by atoms with Crippen LogP contribution in [0.5, 0.6) is 11.5 Å². The number of hydrogen-bond acceptors (Lipinski definition) is 7. The van der Waals surface area contributed by atoms with Crippen LogP contribution in [0.25, 0.3) is 0 Å². The van der Waals surface area contributed by atoms with E-state index in [2.05, 4.69) is 15.5 Å². The standard InChI is InChI=1S/C20H21N3O4S/c1-13-5-4-6-15(9-13)26-11-19-22-23-20(27-19)28-12-18(24)21-16-10-14(2)7-8-17(16)25-3/h4-10H,11-12H2,1-3H3,(H,21,24). The second-order valence-electron chi connectivity index (χ2n) is 6.11. The van der Waals surface area contributed by atoms with Gasteiger partial charge in [-0.25, -0.2) is 0 Å². The number of thioether (sulfide) groups is 1. The molecule has 2 aromatic carbocycles. The van der Waals surface area contributed by atoms with Gasteiger partial charge in [0.15, 0.2) is 6.61 Å². The fraction of sp³-hybridized carbons (Fsp3) is 0.250. The molecule has 0 radical (unpaired) electrons. The third kappa shape index (κ3) is 5.50. The van der Waals surface area contributed by atoms with E-state index in [1.807, 2.05) is 56.3 Å². The Labute approximate surface area is 167 Å². The molecule has 28 heavy (non-hydrogen) atoms. The highest BCUT2D eigenvalue weighted by Gasteiger charge is 2.12. The van der Waals surface area contributed by atoms with Gasteiger partial charge in [0, 0.05) is 0 Å². The van der Waals surface area contributed by atoms with E-state index < -0.39 is 0 Å². The van der Waals surface area contributed by atoms with E-state index >= 15 is 0 Å². The van der Waals surface area contributed by atoms with E-state index in [4.69, 9.17) is 13.9 Å². The number of nitrogens with zero attached hydrogens (tertiary/aromatic N) is 2. The Balaban J connectivity index is 1.50. The second kappa shape index (κ2) is 9.27. The molecule has 0 spiro atoms. The van der Waals surface area contributed by atoms with Gasteiger partial charge in [0.25, 0.3) is 11.1 Å². The summed E-state index contributed by atoms with van der Waals surface area (Å²) < 4.78 is 16.4. The average Bonchev–Trinajstić information content (AvgIpc) is 3.13. The summed E-state index contributed by atoms with van der Waals surface area (Å²) in [4.78, 5) is 12.2. The van der Waals surface area contributed by atoms with Crippen molar-refractivity contribution in [2.45, 2.75) is 25.7 Å². The number of carbonyl (C=O) groups is 1. The summed E-state index contributed by atoms with van der Waals surface area (Å²) in [5.41, 5.74) is 2.76. The summed E-state index contributed by atoms with van der Waals surface area (Å²) in [6.07, 6.45) is 0. The molecule has 1 N–H and O–H groups in total. The van der Waals surface area contributed by atoms with E-state index in [-0.39, 0.29) is 18.3 Å². The molecule has 0 bridgehead atoms. The van der Waals surface area contributed by atoms with Crippen molar-refractivity contribution >= 4 is 23.4 Å². The number of methoxy groups -OCH3 is 1. The molecule has 0 aliphatic carbocycles. The Morgan fingerprint density at radius 2 is 1.96 bits per heavy atom. The van der Waals surface area contributed by atoms with E-state index in [1.165, 1.54) is 0 Å². The van der Waals surface area contributed by atoms with Gasteiger partial charge in [-0.2, -0.15) is 0 Å². The monoisotopic (exact) mass is 399 g/mol. The molecule has 0 saturated heterocycles. The summed E-state index contributed by atoms with van der Waals surface area (Å²) in [7, 11) is 1.56. The van der Waals surface area contributed by atoms with E-state index in [0.29, 0.717) is 22.6 Å². The Hall–Kier alpha value is -3.00. The van der Waals surface area contributed by atoms with Gasteiger partial charge in [-0.05, 0) is 49.2 Å². The molecular weight excluding hydrogens is 378 g/mol. The Bertz CT molecular complexity index is 958. The Morgan fingerprint density at radius 1 is 1.14 bits per heavy atom. The number of aromatic nitrogens is 2. The summed E-state index contributed by atoms with van der Waals surface area (Å²) in [5.74, 6) is 1.64. The van der Waals surface area contributed by atoms with Gasteiger partial charge in [0.1, 0.15) is 11.5 Å². The number of hydrogen-bond donors (Lipinski definition) is 1. The number of aryl methyl sites for hydroxylation is 2. The molecule has 0 aliphatic heterocycles. The summed E-state index contributed by atoms with van der Waals surface area (Å²) in [6.45, 7) is 4.11. The highest BCUT2D eigenvalue weighted by molar-refractivity contribution is 7.99. The van der Waals surface area contributed by atoms with Crippen LogP contribution in [0, 0.1) is 13.8 Å². The molecule has 0 saturated carbocycles. The van der Waals surface area contributed by atoms with Crippen LogP contribution in [-0.2, 0) is 11.4 Å². The third-order valence-electron chi connectivity index (χ3n) is 3.76. The van der Waals surface area contributed by atoms with Gasteiger partial charge in [0.05, 0.1) is 18.6 Å². The minimum Gasteiger partial charge on any atom is -0.495 e. The normalized spacial score (nSPS) is 10.5. The molecule has 3 aromatic rings. The predicted molar refractivity (Wildman–Crippen MR) is 107 cm³/mol. The van der Waals surface area contributed by atoms with Crippen molar-refractivity contribution in [1.82, 2.24) is 10.2 Å². The van der Waals surface area contributed by atoms with Crippen molar-refractivity contribution in [3.05, 3.63) is 59.5 Å². The van der Waals surface area contributed by atoms with Crippen LogP contribution in [0.3, 0.4) is 0 Å². The van der Waals surface area contributed by atoms with Crippen LogP contribution in [0.15, 0.2) is 52.1 Å². The first-order valence-corrected chi connectivity index (χ1v) is 9.61. The molecule has 146 valence electrons. The first-order valence-electron chi connectivity index (χ1n) is 8.62. The molecule has 1 heterocycles. The zero-order valence-electron chi connectivity index (χ0n) is 15.9. The summed E-state index contributed by atoms with van der Waals surface area (Å²) in [5, 5.41) is 11.0. The zero-order valence-corrected chi connectivity index (χ0v) is 16.7. The molecule has 3 rings (SSSR count). The van der Waals surface area contributed by atoms with Crippen molar-refractivity contribution in [3.8, 4) is 11.5 Å². The lowest BCUT2D eigenvalue weighted by molar-refractivity contribution is -0.113. The lowest BCUT2D eigenvalue weighted by Gasteiger charge is -2.10. The largest absolute Gasteiger partial charge is 0.495 e. The fourth-order valence-electron chi connectivity index (χ4n) is 2.44. The number of benzene rings is 2. The van der Waals surface area contributed by atoms with Crippen LogP contribution in [0.4, 0.5) is 5.69 Å². The van der Waals surface area contributed by atoms with Crippen LogP contribution in [0.2, 0.25) is 0 Å². The molecule has 7 nitrogen and oxygen atoms in total. The Morgan fingerprint density at radius 3 is 2.75 bits per heavy atom. The maximum Gasteiger partial charge on any atom is 0.277 e. The second-order valence-corrected chi connectivity index (χ2v) is 7.03. The van der Waals surface area contributed by atoms with Crippen molar-refractivity contribution in [1.29, 1.82) is 0 Å². The number of rotatable bonds is 8. The minimum atomic E-state index is -0.190. The average molecular weight is 399 g/mol. The van der Waals surface area contributed by atoms with Gasteiger partial charge in [-0.1, -0.05) is 30.0 Å². The van der Waals surface area contributed by atoms with Gasteiger partial charge in [-0.3, -0.25) is 4.79 Å². The molecule has 1 amide bonds. The van der Waals surface area contributed by atoms with Gasteiger partial charge in [-0.15, -0.1) is 10.2 Å². The molecule has 1 aromatic heterocycles. The SMILES string of the molecule is COc1ccc(C)cc1NC(=O)CSc1nnc(COc2cccc(C)c2)o1. The third-order valence-corrected chi connectivity index (χ3v) is 4.57. The van der Waals surface area contributed by atoms with Crippen LogP contribution >= 0.6 is 11.8 Å². The number of amides is 1. The topological polar surface area (TPSA) is 86.5 Å². The maximum absolute atomic E-state index is 12.2. The molecule has 0 unspecified atom stereocenters. The highest BCUT2D eigenvalue weighted by Crippen LogP contribution is 2.26. The number of carbonyl (C=O) groups excluding carboxylic acids is 1. The summed E-state index contributed by atoms with van der Waals surface area (Å²) in [6, 6.07) is 13.3. The highest BCUT2D eigenvalue weighted by atomic mass is 32.2. The van der Waals surface area contributed by atoms with E-state index in [1.54, 1.807) is 7.11 Å². The summed E-state index contributed by atoms with van der Waals surface area (Å²) >= 11 is 1.16. The van der Waals surface area contributed by atoms with Crippen LogP contribution < -0.4 is 14.8 Å². The van der Waals surface area contributed by atoms with Crippen LogP contribution in [0.1, 0.15) is 17.0 Å². The lowest BCUT2D eigenvalue weighted by Crippen LogP contribution is -2.14. The first-order chi connectivity index (χ1) is 13.5. The van der Waals surface area contributed by atoms with Crippen molar-refractivity contribution < 1.29 is 18.7 Å². The first kappa shape index (κ1) is 19.8. The molecular formula is C20H21N3O4S. The smallest absolute Gasteiger partial charge is 0.277 e. The van der Waals surface area contributed by atoms with E-state index in [0.717, 1.165) is 28.6 Å². The van der Waals surface area contributed by atoms with Crippen molar-refractivity contribution in [3.63, 3.8) is 0 Å². The molecule has 0 fully saturated rings. The lowest BCUT2D eigenvalue weighted by atomic mass is 10.2. The maximum atomic E-state index is 12.2. The van der Waals surface area contributed by atoms with E-state index in [9.17, 15) is 4.79 Å². The van der Waals surface area contributed by atoms with Crippen molar-refractivity contribution in [2.24, 2.45) is 0 Å². The van der Waals surface area contributed by atoms with Crippen molar-refractivity contribution in [2.75, 3.05) is 18.2 Å². The van der Waals surface area contributed by atoms with Gasteiger partial charge in [0.2, 0.25) is 5.91 Å². The fourth-order valence-corrected chi connectivity index (χ4v) is 3.02.